The molecule has 1 aliphatic rings. The lowest BCUT2D eigenvalue weighted by atomic mass is 9.96. The molecule has 1 aromatic carbocycles. The molecule has 0 heterocycles. The Hall–Kier alpha value is -0.730. The maximum absolute atomic E-state index is 9.18. The van der Waals surface area contributed by atoms with Crippen LogP contribution in [0.15, 0.2) is 18.2 Å². The Kier molecular flexibility index (Phi) is 1.97. The van der Waals surface area contributed by atoms with Crippen molar-refractivity contribution in [2.75, 3.05) is 6.54 Å². The lowest BCUT2D eigenvalue weighted by molar-refractivity contribution is 0.475. The minimum Gasteiger partial charge on any atom is -0.508 e. The maximum atomic E-state index is 9.18. The van der Waals surface area contributed by atoms with E-state index in [-0.39, 0.29) is 11.2 Å². The Bertz CT molecular complexity index is 334. The van der Waals surface area contributed by atoms with Gasteiger partial charge in [-0.15, -0.1) is 0 Å². The molecule has 1 aromatic rings. The van der Waals surface area contributed by atoms with Crippen LogP contribution in [0, 0.1) is 0 Å². The fourth-order valence-electron chi connectivity index (χ4n) is 1.67. The van der Waals surface area contributed by atoms with Gasteiger partial charge in [0.2, 0.25) is 0 Å². The first kappa shape index (κ1) is 8.85. The Morgan fingerprint density at radius 2 is 2.15 bits per heavy atom. The molecule has 1 fully saturated rings. The van der Waals surface area contributed by atoms with Crippen molar-refractivity contribution in [1.82, 2.24) is 0 Å². The predicted octanol–water partition coefficient (Wildman–Crippen LogP) is 2.04. The first-order valence-corrected chi connectivity index (χ1v) is 4.75. The van der Waals surface area contributed by atoms with E-state index < -0.39 is 0 Å². The summed E-state index contributed by atoms with van der Waals surface area (Å²) in [6, 6.07) is 5.11. The second-order valence-corrected chi connectivity index (χ2v) is 4.06. The highest BCUT2D eigenvalue weighted by Crippen LogP contribution is 2.49. The first-order valence-electron chi connectivity index (χ1n) is 4.37. The fourth-order valence-corrected chi connectivity index (χ4v) is 2.04. The molecule has 0 bridgehead atoms. The largest absolute Gasteiger partial charge is 0.508 e. The summed E-state index contributed by atoms with van der Waals surface area (Å²) in [6.07, 6.45) is 2.21. The fraction of sp³-hybridized carbons (Fsp3) is 0.400. The van der Waals surface area contributed by atoms with E-state index in [2.05, 4.69) is 0 Å². The van der Waals surface area contributed by atoms with Crippen LogP contribution in [-0.2, 0) is 5.41 Å². The highest BCUT2D eigenvalue weighted by Gasteiger charge is 2.44. The summed E-state index contributed by atoms with van der Waals surface area (Å²) in [6.45, 7) is 0.636. The van der Waals surface area contributed by atoms with Crippen molar-refractivity contribution in [3.63, 3.8) is 0 Å². The summed E-state index contributed by atoms with van der Waals surface area (Å²) in [5.74, 6) is 0.210. The van der Waals surface area contributed by atoms with Crippen LogP contribution in [0.3, 0.4) is 0 Å². The number of aromatic hydroxyl groups is 1. The van der Waals surface area contributed by atoms with Crippen molar-refractivity contribution in [2.24, 2.45) is 5.73 Å². The number of phenols is 1. The van der Waals surface area contributed by atoms with E-state index in [4.69, 9.17) is 17.3 Å². The Morgan fingerprint density at radius 1 is 1.46 bits per heavy atom. The predicted molar refractivity (Wildman–Crippen MR) is 53.1 cm³/mol. The summed E-state index contributed by atoms with van der Waals surface area (Å²) in [4.78, 5) is 0. The average Bonchev–Trinajstić information content (AvgIpc) is 2.85. The third-order valence-corrected chi connectivity index (χ3v) is 3.08. The number of halogens is 1. The van der Waals surface area contributed by atoms with Gasteiger partial charge >= 0.3 is 0 Å². The summed E-state index contributed by atoms with van der Waals surface area (Å²) in [7, 11) is 0. The van der Waals surface area contributed by atoms with Crippen molar-refractivity contribution in [3.05, 3.63) is 28.8 Å². The van der Waals surface area contributed by atoms with Gasteiger partial charge in [-0.05, 0) is 30.5 Å². The molecule has 1 aliphatic carbocycles. The third kappa shape index (κ3) is 1.40. The molecule has 0 saturated heterocycles. The number of hydrogen-bond donors (Lipinski definition) is 2. The van der Waals surface area contributed by atoms with Gasteiger partial charge in [-0.3, -0.25) is 0 Å². The first-order chi connectivity index (χ1) is 6.18. The van der Waals surface area contributed by atoms with Crippen molar-refractivity contribution < 1.29 is 5.11 Å². The summed E-state index contributed by atoms with van der Waals surface area (Å²) >= 11 is 6.02. The zero-order valence-electron chi connectivity index (χ0n) is 7.26. The van der Waals surface area contributed by atoms with Crippen molar-refractivity contribution >= 4 is 11.6 Å². The lowest BCUT2D eigenvalue weighted by Crippen LogP contribution is -2.19. The maximum Gasteiger partial charge on any atom is 0.117 e. The highest BCUT2D eigenvalue weighted by molar-refractivity contribution is 6.31. The second-order valence-electron chi connectivity index (χ2n) is 3.65. The topological polar surface area (TPSA) is 46.2 Å². The van der Waals surface area contributed by atoms with Gasteiger partial charge in [-0.1, -0.05) is 17.7 Å². The van der Waals surface area contributed by atoms with E-state index in [0.29, 0.717) is 11.6 Å². The Morgan fingerprint density at radius 3 is 2.62 bits per heavy atom. The van der Waals surface area contributed by atoms with Crippen LogP contribution < -0.4 is 5.73 Å². The molecule has 2 rings (SSSR count). The van der Waals surface area contributed by atoms with Gasteiger partial charge < -0.3 is 10.8 Å². The minimum absolute atomic E-state index is 0.102. The second kappa shape index (κ2) is 2.89. The van der Waals surface area contributed by atoms with E-state index in [1.807, 2.05) is 6.07 Å². The number of rotatable bonds is 2. The molecule has 1 saturated carbocycles. The van der Waals surface area contributed by atoms with E-state index >= 15 is 0 Å². The normalized spacial score (nSPS) is 18.6. The van der Waals surface area contributed by atoms with Gasteiger partial charge in [0.15, 0.2) is 0 Å². The molecule has 70 valence electrons. The molecular weight excluding hydrogens is 186 g/mol. The molecule has 2 nitrogen and oxygen atoms in total. The molecule has 0 unspecified atom stereocenters. The molecule has 3 N–H and O–H groups in total. The summed E-state index contributed by atoms with van der Waals surface area (Å²) in [5.41, 5.74) is 6.87. The molecule has 0 aromatic heterocycles. The van der Waals surface area contributed by atoms with Crippen molar-refractivity contribution in [1.29, 1.82) is 0 Å². The number of benzene rings is 1. The zero-order chi connectivity index (χ0) is 9.47. The molecule has 0 amide bonds. The van der Waals surface area contributed by atoms with Crippen LogP contribution in [0.2, 0.25) is 5.02 Å². The number of hydrogen-bond acceptors (Lipinski definition) is 2. The van der Waals surface area contributed by atoms with Gasteiger partial charge in [-0.2, -0.15) is 0 Å². The standard InChI is InChI=1S/C10H12ClNO/c11-9-5-7(13)1-2-8(9)10(6-12)3-4-10/h1-2,5,13H,3-4,6,12H2. The SMILES string of the molecule is NCC1(c2ccc(O)cc2Cl)CC1. The molecule has 0 aliphatic heterocycles. The van der Waals surface area contributed by atoms with Gasteiger partial charge in [0, 0.05) is 17.0 Å². The Balaban J connectivity index is 2.41. The van der Waals surface area contributed by atoms with Crippen molar-refractivity contribution in [2.45, 2.75) is 18.3 Å². The smallest absolute Gasteiger partial charge is 0.117 e. The molecule has 0 spiro atoms. The monoisotopic (exact) mass is 197 g/mol. The van der Waals surface area contributed by atoms with Crippen LogP contribution in [0.25, 0.3) is 0 Å². The zero-order valence-corrected chi connectivity index (χ0v) is 8.01. The third-order valence-electron chi connectivity index (χ3n) is 2.77. The van der Waals surface area contributed by atoms with E-state index in [1.165, 1.54) is 0 Å². The van der Waals surface area contributed by atoms with E-state index in [9.17, 15) is 5.11 Å². The van der Waals surface area contributed by atoms with E-state index in [1.54, 1.807) is 12.1 Å². The average molecular weight is 198 g/mol. The molecule has 13 heavy (non-hydrogen) atoms. The Labute approximate surface area is 82.3 Å². The van der Waals surface area contributed by atoms with Gasteiger partial charge in [0.1, 0.15) is 5.75 Å². The van der Waals surface area contributed by atoms with Gasteiger partial charge in [-0.25, -0.2) is 0 Å². The van der Waals surface area contributed by atoms with Gasteiger partial charge in [0.25, 0.3) is 0 Å². The van der Waals surface area contributed by atoms with E-state index in [0.717, 1.165) is 18.4 Å². The summed E-state index contributed by atoms with van der Waals surface area (Å²) < 4.78 is 0. The van der Waals surface area contributed by atoms with Crippen LogP contribution in [0.5, 0.6) is 5.75 Å². The van der Waals surface area contributed by atoms with Crippen LogP contribution in [-0.4, -0.2) is 11.7 Å². The molecule has 0 atom stereocenters. The minimum atomic E-state index is 0.102. The lowest BCUT2D eigenvalue weighted by Gasteiger charge is -2.14. The summed E-state index contributed by atoms with van der Waals surface area (Å²) in [5, 5.41) is 9.81. The molecule has 0 radical (unpaired) electrons. The molecule has 3 heteroatoms. The van der Waals surface area contributed by atoms with Crippen LogP contribution in [0.4, 0.5) is 0 Å². The highest BCUT2D eigenvalue weighted by atomic mass is 35.5. The van der Waals surface area contributed by atoms with Crippen LogP contribution in [0.1, 0.15) is 18.4 Å². The van der Waals surface area contributed by atoms with Crippen LogP contribution >= 0.6 is 11.6 Å². The van der Waals surface area contributed by atoms with Crippen molar-refractivity contribution in [3.8, 4) is 5.75 Å². The van der Waals surface area contributed by atoms with Gasteiger partial charge in [0.05, 0.1) is 0 Å². The number of nitrogens with two attached hydrogens (primary N) is 1. The molecular formula is C10H12ClNO. The number of phenolic OH excluding ortho intramolecular Hbond substituents is 1. The quantitative estimate of drug-likeness (QED) is 0.762.